The largest absolute Gasteiger partial charge is 0.497 e. The van der Waals surface area contributed by atoms with Crippen molar-refractivity contribution in [2.75, 3.05) is 17.7 Å². The topological polar surface area (TPSA) is 102 Å². The van der Waals surface area contributed by atoms with Crippen molar-refractivity contribution in [2.45, 2.75) is 45.3 Å². The predicted molar refractivity (Wildman–Crippen MR) is 135 cm³/mol. The molecule has 1 aliphatic rings. The molecule has 0 saturated heterocycles. The fraction of sp³-hybridized carbons (Fsp3) is 0.296. The maximum atomic E-state index is 13.2. The van der Waals surface area contributed by atoms with Crippen molar-refractivity contribution in [2.24, 2.45) is 0 Å². The van der Waals surface area contributed by atoms with Gasteiger partial charge in [0.1, 0.15) is 22.9 Å². The summed E-state index contributed by atoms with van der Waals surface area (Å²) in [5.41, 5.74) is 3.12. The number of nitrogens with zero attached hydrogens (tertiary/aromatic N) is 1. The average molecular weight is 475 g/mol. The number of pyridine rings is 1. The number of hydrogen-bond donors (Lipinski definition) is 3. The van der Waals surface area contributed by atoms with E-state index in [4.69, 9.17) is 9.47 Å². The first kappa shape index (κ1) is 24.1. The first-order valence-corrected chi connectivity index (χ1v) is 11.5. The maximum Gasteiger partial charge on any atom is 0.412 e. The molecule has 1 aromatic heterocycles. The van der Waals surface area contributed by atoms with E-state index >= 15 is 0 Å². The summed E-state index contributed by atoms with van der Waals surface area (Å²) < 4.78 is 10.6. The van der Waals surface area contributed by atoms with Crippen molar-refractivity contribution in [1.82, 2.24) is 10.3 Å². The molecular weight excluding hydrogens is 444 g/mol. The van der Waals surface area contributed by atoms with Gasteiger partial charge in [-0.25, -0.2) is 9.78 Å². The van der Waals surface area contributed by atoms with Gasteiger partial charge in [-0.3, -0.25) is 10.1 Å². The lowest BCUT2D eigenvalue weighted by molar-refractivity contribution is 0.0635. The Hall–Kier alpha value is -4.07. The molecule has 2 aromatic carbocycles. The number of hydrogen-bond acceptors (Lipinski definition) is 6. The molecule has 0 fully saturated rings. The van der Waals surface area contributed by atoms with Gasteiger partial charge in [-0.2, -0.15) is 0 Å². The molecule has 0 bridgehead atoms. The van der Waals surface area contributed by atoms with Crippen LogP contribution in [0.25, 0.3) is 0 Å². The molecule has 0 aliphatic heterocycles. The van der Waals surface area contributed by atoms with Crippen LogP contribution in [0, 0.1) is 0 Å². The minimum atomic E-state index is -0.656. The van der Waals surface area contributed by atoms with Crippen molar-refractivity contribution < 1.29 is 19.1 Å². The number of anilines is 3. The highest BCUT2D eigenvalue weighted by molar-refractivity contribution is 5.95. The van der Waals surface area contributed by atoms with Crippen molar-refractivity contribution in [3.05, 3.63) is 77.5 Å². The van der Waals surface area contributed by atoms with Crippen LogP contribution in [0.3, 0.4) is 0 Å². The summed E-state index contributed by atoms with van der Waals surface area (Å²) in [6.07, 6.45) is 0.924. The quantitative estimate of drug-likeness (QED) is 0.461. The number of carbonyl (C=O) groups is 2. The highest BCUT2D eigenvalue weighted by Crippen LogP contribution is 2.25. The van der Waals surface area contributed by atoms with E-state index in [-0.39, 0.29) is 17.6 Å². The number of carbonyl (C=O) groups excluding carboxylic acids is 2. The van der Waals surface area contributed by atoms with Crippen LogP contribution in [-0.2, 0) is 17.6 Å². The lowest BCUT2D eigenvalue weighted by Gasteiger charge is -2.20. The number of ether oxygens (including phenoxy) is 2. The van der Waals surface area contributed by atoms with E-state index in [2.05, 4.69) is 33.1 Å². The van der Waals surface area contributed by atoms with Crippen LogP contribution < -0.4 is 20.7 Å². The fourth-order valence-electron chi connectivity index (χ4n) is 3.97. The molecule has 0 spiro atoms. The van der Waals surface area contributed by atoms with E-state index in [0.717, 1.165) is 18.5 Å². The van der Waals surface area contributed by atoms with E-state index in [0.29, 0.717) is 17.3 Å². The zero-order valence-corrected chi connectivity index (χ0v) is 20.3. The Labute approximate surface area is 205 Å². The normalized spacial score (nSPS) is 13.0. The third-order valence-electron chi connectivity index (χ3n) is 5.43. The van der Waals surface area contributed by atoms with Gasteiger partial charge in [-0.15, -0.1) is 0 Å². The number of fused-ring (bicyclic) bond motifs is 1. The second-order valence-electron chi connectivity index (χ2n) is 9.46. The molecule has 0 saturated carbocycles. The molecule has 2 amide bonds. The predicted octanol–water partition coefficient (Wildman–Crippen LogP) is 5.08. The van der Waals surface area contributed by atoms with Crippen LogP contribution in [0.15, 0.2) is 60.7 Å². The minimum Gasteiger partial charge on any atom is -0.497 e. The maximum absolute atomic E-state index is 13.2. The lowest BCUT2D eigenvalue weighted by Crippen LogP contribution is -2.36. The van der Waals surface area contributed by atoms with Crippen molar-refractivity contribution >= 4 is 29.2 Å². The van der Waals surface area contributed by atoms with Crippen LogP contribution in [0.1, 0.15) is 42.4 Å². The van der Waals surface area contributed by atoms with E-state index in [1.165, 1.54) is 17.2 Å². The Morgan fingerprint density at radius 1 is 0.943 bits per heavy atom. The van der Waals surface area contributed by atoms with Crippen LogP contribution in [0.2, 0.25) is 0 Å². The lowest BCUT2D eigenvalue weighted by atomic mass is 10.1. The third-order valence-corrected chi connectivity index (χ3v) is 5.43. The SMILES string of the molecule is COc1cccc(Nc2cc(NC(=O)OC(C)(C)C)cc(C(=O)NC3Cc4ccccc4C3)n2)c1. The Morgan fingerprint density at radius 2 is 1.66 bits per heavy atom. The Kier molecular flexibility index (Phi) is 6.91. The smallest absolute Gasteiger partial charge is 0.412 e. The molecular formula is C27H30N4O4. The summed E-state index contributed by atoms with van der Waals surface area (Å²) in [7, 11) is 1.59. The molecule has 8 nitrogen and oxygen atoms in total. The van der Waals surface area contributed by atoms with Gasteiger partial charge in [0.25, 0.3) is 5.91 Å². The summed E-state index contributed by atoms with van der Waals surface area (Å²) in [6.45, 7) is 5.36. The summed E-state index contributed by atoms with van der Waals surface area (Å²) in [5.74, 6) is 0.757. The summed E-state index contributed by atoms with van der Waals surface area (Å²) >= 11 is 0. The van der Waals surface area contributed by atoms with Gasteiger partial charge in [0, 0.05) is 23.9 Å². The summed E-state index contributed by atoms with van der Waals surface area (Å²) in [4.78, 5) is 30.0. The summed E-state index contributed by atoms with van der Waals surface area (Å²) in [6, 6.07) is 18.7. The van der Waals surface area contributed by atoms with Gasteiger partial charge in [-0.1, -0.05) is 30.3 Å². The minimum absolute atomic E-state index is 0.0148. The average Bonchev–Trinajstić information content (AvgIpc) is 3.20. The standard InChI is InChI=1S/C27H30N4O4/c1-27(2,3)35-26(33)30-21-15-23(25(32)29-20-12-17-8-5-6-9-18(17)13-20)31-24(16-21)28-19-10-7-11-22(14-19)34-4/h5-11,14-16,20H,12-13H2,1-4H3,(H,29,32)(H2,28,30,31,33). The highest BCUT2D eigenvalue weighted by atomic mass is 16.6. The molecule has 1 heterocycles. The molecule has 8 heteroatoms. The highest BCUT2D eigenvalue weighted by Gasteiger charge is 2.24. The molecule has 0 radical (unpaired) electrons. The molecule has 0 atom stereocenters. The monoisotopic (exact) mass is 474 g/mol. The molecule has 4 rings (SSSR count). The Balaban J connectivity index is 1.56. The van der Waals surface area contributed by atoms with E-state index in [1.54, 1.807) is 33.9 Å². The number of benzene rings is 2. The molecule has 0 unspecified atom stereocenters. The van der Waals surface area contributed by atoms with Gasteiger partial charge in [0.15, 0.2) is 0 Å². The van der Waals surface area contributed by atoms with E-state index in [9.17, 15) is 9.59 Å². The first-order chi connectivity index (χ1) is 16.7. The van der Waals surface area contributed by atoms with Crippen LogP contribution >= 0.6 is 0 Å². The molecule has 35 heavy (non-hydrogen) atoms. The van der Waals surface area contributed by atoms with Gasteiger partial charge < -0.3 is 20.1 Å². The Morgan fingerprint density at radius 3 is 2.31 bits per heavy atom. The van der Waals surface area contributed by atoms with E-state index in [1.807, 2.05) is 36.4 Å². The van der Waals surface area contributed by atoms with Gasteiger partial charge >= 0.3 is 6.09 Å². The third kappa shape index (κ3) is 6.50. The van der Waals surface area contributed by atoms with E-state index < -0.39 is 11.7 Å². The number of methoxy groups -OCH3 is 1. The second kappa shape index (κ2) is 10.0. The molecule has 3 aromatic rings. The van der Waals surface area contributed by atoms with Gasteiger partial charge in [0.05, 0.1) is 12.8 Å². The molecule has 182 valence electrons. The number of aromatic nitrogens is 1. The number of rotatable bonds is 6. The van der Waals surface area contributed by atoms with Crippen molar-refractivity contribution in [3.8, 4) is 5.75 Å². The van der Waals surface area contributed by atoms with Gasteiger partial charge in [-0.05, 0) is 62.9 Å². The van der Waals surface area contributed by atoms with Crippen LogP contribution in [0.4, 0.5) is 22.0 Å². The fourth-order valence-corrected chi connectivity index (χ4v) is 3.97. The molecule has 3 N–H and O–H groups in total. The zero-order valence-electron chi connectivity index (χ0n) is 20.3. The number of amides is 2. The number of nitrogens with one attached hydrogen (secondary N) is 3. The van der Waals surface area contributed by atoms with Crippen LogP contribution in [-0.4, -0.2) is 35.7 Å². The molecule has 1 aliphatic carbocycles. The Bertz CT molecular complexity index is 1210. The second-order valence-corrected chi connectivity index (χ2v) is 9.46. The van der Waals surface area contributed by atoms with Gasteiger partial charge in [0.2, 0.25) is 0 Å². The van der Waals surface area contributed by atoms with Crippen molar-refractivity contribution in [3.63, 3.8) is 0 Å². The van der Waals surface area contributed by atoms with Crippen LogP contribution in [0.5, 0.6) is 5.75 Å². The summed E-state index contributed by atoms with van der Waals surface area (Å²) in [5, 5.41) is 8.96. The zero-order chi connectivity index (χ0) is 25.0. The first-order valence-electron chi connectivity index (χ1n) is 11.5. The van der Waals surface area contributed by atoms with Crippen molar-refractivity contribution in [1.29, 1.82) is 0 Å².